The molecule has 0 spiro atoms. The number of carbonyl (C=O) groups excluding carboxylic acids is 1. The molecule has 0 bridgehead atoms. The summed E-state index contributed by atoms with van der Waals surface area (Å²) in [5.74, 6) is 0.622. The number of piperazine rings is 1. The lowest BCUT2D eigenvalue weighted by Gasteiger charge is -2.32. The highest BCUT2D eigenvalue weighted by atomic mass is 35.5. The summed E-state index contributed by atoms with van der Waals surface area (Å²) in [6.07, 6.45) is 0. The van der Waals surface area contributed by atoms with E-state index in [1.807, 2.05) is 48.5 Å². The van der Waals surface area contributed by atoms with Gasteiger partial charge in [-0.3, -0.25) is 4.79 Å². The second-order valence-electron chi connectivity index (χ2n) is 7.24. The number of rotatable bonds is 2. The molecular weight excluding hydrogens is 372 g/mol. The van der Waals surface area contributed by atoms with Crippen molar-refractivity contribution < 1.29 is 4.79 Å². The molecule has 1 aromatic heterocycles. The first-order chi connectivity index (χ1) is 13.6. The summed E-state index contributed by atoms with van der Waals surface area (Å²) in [5.41, 5.74) is 4.18. The minimum absolute atomic E-state index is 0.0366. The van der Waals surface area contributed by atoms with Gasteiger partial charge < -0.3 is 9.80 Å². The number of aromatic nitrogens is 2. The highest BCUT2D eigenvalue weighted by Gasteiger charge is 2.34. The molecule has 1 aliphatic carbocycles. The molecule has 0 N–H and O–H groups in total. The summed E-state index contributed by atoms with van der Waals surface area (Å²) in [6.45, 7) is 3.62. The Morgan fingerprint density at radius 1 is 0.821 bits per heavy atom. The monoisotopic (exact) mass is 390 g/mol. The Kier molecular flexibility index (Phi) is 4.14. The van der Waals surface area contributed by atoms with Crippen molar-refractivity contribution in [3.8, 4) is 22.5 Å². The second kappa shape index (κ2) is 6.69. The van der Waals surface area contributed by atoms with Gasteiger partial charge in [0.2, 0.25) is 5.95 Å². The van der Waals surface area contributed by atoms with Gasteiger partial charge in [-0.2, -0.15) is 0 Å². The van der Waals surface area contributed by atoms with Crippen LogP contribution in [0.4, 0.5) is 5.95 Å². The maximum Gasteiger partial charge on any atom is 0.226 e. The van der Waals surface area contributed by atoms with E-state index in [1.165, 1.54) is 0 Å². The van der Waals surface area contributed by atoms with Gasteiger partial charge in [-0.15, -0.1) is 0 Å². The molecule has 0 atom stereocenters. The number of carbonyl (C=O) groups is 1. The Bertz CT molecular complexity index is 1090. The lowest BCUT2D eigenvalue weighted by molar-refractivity contribution is 0.104. The summed E-state index contributed by atoms with van der Waals surface area (Å²) in [6, 6.07) is 15.2. The molecule has 2 aromatic carbocycles. The Balaban J connectivity index is 1.74. The SMILES string of the molecule is CN1CCN(c2nc(-c3ccccc3Cl)c3c(n2)-c2ccccc2C3=O)CC1. The third-order valence-electron chi connectivity index (χ3n) is 5.47. The van der Waals surface area contributed by atoms with Crippen LogP contribution in [0.5, 0.6) is 0 Å². The topological polar surface area (TPSA) is 49.3 Å². The molecule has 0 unspecified atom stereocenters. The minimum Gasteiger partial charge on any atom is -0.338 e. The van der Waals surface area contributed by atoms with Gasteiger partial charge in [-0.25, -0.2) is 9.97 Å². The van der Waals surface area contributed by atoms with E-state index in [2.05, 4.69) is 16.8 Å². The van der Waals surface area contributed by atoms with Gasteiger partial charge >= 0.3 is 0 Å². The van der Waals surface area contributed by atoms with Crippen LogP contribution in [0.2, 0.25) is 5.02 Å². The number of hydrogen-bond donors (Lipinski definition) is 0. The molecule has 0 saturated carbocycles. The van der Waals surface area contributed by atoms with Crippen LogP contribution in [0.15, 0.2) is 48.5 Å². The third kappa shape index (κ3) is 2.70. The molecule has 5 nitrogen and oxygen atoms in total. The van der Waals surface area contributed by atoms with Crippen molar-refractivity contribution >= 4 is 23.3 Å². The lowest BCUT2D eigenvalue weighted by Crippen LogP contribution is -2.45. The number of fused-ring (bicyclic) bond motifs is 3. The van der Waals surface area contributed by atoms with Crippen LogP contribution >= 0.6 is 11.6 Å². The second-order valence-corrected chi connectivity index (χ2v) is 7.65. The standard InChI is InChI=1S/C22H19ClN4O/c1-26-10-12-27(13-11-26)22-24-19-14-6-2-3-7-15(14)21(28)18(19)20(25-22)16-8-4-5-9-17(16)23/h2-9H,10-13H2,1H3. The van der Waals surface area contributed by atoms with E-state index in [-0.39, 0.29) is 5.78 Å². The van der Waals surface area contributed by atoms with Gasteiger partial charge in [-0.05, 0) is 13.1 Å². The van der Waals surface area contributed by atoms with E-state index in [0.29, 0.717) is 33.5 Å². The molecule has 140 valence electrons. The van der Waals surface area contributed by atoms with Crippen LogP contribution in [-0.2, 0) is 0 Å². The highest BCUT2D eigenvalue weighted by Crippen LogP contribution is 2.42. The molecule has 6 heteroatoms. The van der Waals surface area contributed by atoms with Gasteiger partial charge in [0.15, 0.2) is 5.78 Å². The zero-order valence-corrected chi connectivity index (χ0v) is 16.3. The molecule has 5 rings (SSSR count). The summed E-state index contributed by atoms with van der Waals surface area (Å²) < 4.78 is 0. The molecule has 1 saturated heterocycles. The van der Waals surface area contributed by atoms with Crippen molar-refractivity contribution in [3.05, 3.63) is 64.7 Å². The summed E-state index contributed by atoms with van der Waals surface area (Å²) in [5, 5.41) is 0.580. The van der Waals surface area contributed by atoms with Crippen LogP contribution in [0.1, 0.15) is 15.9 Å². The predicted octanol–water partition coefficient (Wildman–Crippen LogP) is 3.76. The van der Waals surface area contributed by atoms with Crippen molar-refractivity contribution in [1.82, 2.24) is 14.9 Å². The third-order valence-corrected chi connectivity index (χ3v) is 5.80. The molecule has 2 aliphatic rings. The molecular formula is C22H19ClN4O. The van der Waals surface area contributed by atoms with E-state index in [4.69, 9.17) is 21.6 Å². The number of ketones is 1. The van der Waals surface area contributed by atoms with Crippen molar-refractivity contribution in [2.24, 2.45) is 0 Å². The number of nitrogens with zero attached hydrogens (tertiary/aromatic N) is 4. The fourth-order valence-corrected chi connectivity index (χ4v) is 4.10. The van der Waals surface area contributed by atoms with E-state index < -0.39 is 0 Å². The van der Waals surface area contributed by atoms with E-state index in [0.717, 1.165) is 37.3 Å². The van der Waals surface area contributed by atoms with Crippen LogP contribution in [0.25, 0.3) is 22.5 Å². The first-order valence-corrected chi connectivity index (χ1v) is 9.76. The van der Waals surface area contributed by atoms with Gasteiger partial charge in [0, 0.05) is 47.9 Å². The van der Waals surface area contributed by atoms with Gasteiger partial charge in [0.1, 0.15) is 0 Å². The van der Waals surface area contributed by atoms with Crippen molar-refractivity contribution in [3.63, 3.8) is 0 Å². The predicted molar refractivity (Wildman–Crippen MR) is 111 cm³/mol. The average molecular weight is 391 g/mol. The number of halogens is 1. The Morgan fingerprint density at radius 3 is 2.07 bits per heavy atom. The minimum atomic E-state index is -0.0366. The molecule has 3 aromatic rings. The van der Waals surface area contributed by atoms with Gasteiger partial charge in [-0.1, -0.05) is 54.1 Å². The first kappa shape index (κ1) is 17.3. The zero-order valence-electron chi connectivity index (χ0n) is 15.5. The average Bonchev–Trinajstić information content (AvgIpc) is 3.01. The van der Waals surface area contributed by atoms with Crippen molar-refractivity contribution in [2.75, 3.05) is 38.1 Å². The van der Waals surface area contributed by atoms with E-state index >= 15 is 0 Å². The number of hydrogen-bond acceptors (Lipinski definition) is 5. The Labute approximate surface area is 168 Å². The fraction of sp³-hybridized carbons (Fsp3) is 0.227. The zero-order chi connectivity index (χ0) is 19.3. The van der Waals surface area contributed by atoms with Gasteiger partial charge in [0.25, 0.3) is 0 Å². The fourth-order valence-electron chi connectivity index (χ4n) is 3.88. The number of likely N-dealkylation sites (N-methyl/N-ethyl adjacent to an activating group) is 1. The summed E-state index contributed by atoms with van der Waals surface area (Å²) in [4.78, 5) is 27.3. The number of benzene rings is 2. The van der Waals surface area contributed by atoms with Crippen LogP contribution < -0.4 is 4.90 Å². The quantitative estimate of drug-likeness (QED) is 0.521. The Hall–Kier alpha value is -2.76. The summed E-state index contributed by atoms with van der Waals surface area (Å²) in [7, 11) is 2.12. The normalized spacial score (nSPS) is 16.2. The largest absolute Gasteiger partial charge is 0.338 e. The first-order valence-electron chi connectivity index (χ1n) is 9.38. The highest BCUT2D eigenvalue weighted by molar-refractivity contribution is 6.34. The molecule has 0 radical (unpaired) electrons. The number of anilines is 1. The van der Waals surface area contributed by atoms with E-state index in [9.17, 15) is 4.79 Å². The van der Waals surface area contributed by atoms with E-state index in [1.54, 1.807) is 0 Å². The van der Waals surface area contributed by atoms with Gasteiger partial charge in [0.05, 0.1) is 17.0 Å². The summed E-state index contributed by atoms with van der Waals surface area (Å²) >= 11 is 6.48. The van der Waals surface area contributed by atoms with Crippen LogP contribution in [0.3, 0.4) is 0 Å². The molecule has 1 fully saturated rings. The van der Waals surface area contributed by atoms with Crippen molar-refractivity contribution in [2.45, 2.75) is 0 Å². The smallest absolute Gasteiger partial charge is 0.226 e. The molecule has 0 amide bonds. The van der Waals surface area contributed by atoms with Crippen LogP contribution in [-0.4, -0.2) is 53.9 Å². The van der Waals surface area contributed by atoms with Crippen LogP contribution in [0, 0.1) is 0 Å². The lowest BCUT2D eigenvalue weighted by atomic mass is 10.0. The Morgan fingerprint density at radius 2 is 1.39 bits per heavy atom. The molecule has 2 heterocycles. The molecule has 1 aliphatic heterocycles. The maximum absolute atomic E-state index is 13.2. The molecule has 28 heavy (non-hydrogen) atoms. The van der Waals surface area contributed by atoms with Crippen molar-refractivity contribution in [1.29, 1.82) is 0 Å². The maximum atomic E-state index is 13.2.